The summed E-state index contributed by atoms with van der Waals surface area (Å²) in [7, 11) is 0. The van der Waals surface area contributed by atoms with Gasteiger partial charge in [-0.2, -0.15) is 0 Å². The van der Waals surface area contributed by atoms with Crippen LogP contribution >= 0.6 is 0 Å². The average Bonchev–Trinajstić information content (AvgIpc) is 3.61. The molecule has 0 saturated carbocycles. The first-order valence-corrected chi connectivity index (χ1v) is 17.8. The number of hydrogen-bond donors (Lipinski definition) is 0. The zero-order chi connectivity index (χ0) is 34.4. The van der Waals surface area contributed by atoms with Crippen molar-refractivity contribution in [2.24, 2.45) is 0 Å². The zero-order valence-corrected chi connectivity index (χ0v) is 28.4. The van der Waals surface area contributed by atoms with E-state index in [0.29, 0.717) is 0 Å². The molecule has 0 N–H and O–H groups in total. The Hall–Kier alpha value is -6.82. The molecule has 0 bridgehead atoms. The van der Waals surface area contributed by atoms with Gasteiger partial charge in [0.1, 0.15) is 11.9 Å². The molecule has 2 unspecified atom stereocenters. The van der Waals surface area contributed by atoms with E-state index in [9.17, 15) is 0 Å². The van der Waals surface area contributed by atoms with Crippen LogP contribution in [0.15, 0.2) is 188 Å². The summed E-state index contributed by atoms with van der Waals surface area (Å²) in [6.07, 6.45) is 2.23. The molecule has 52 heavy (non-hydrogen) atoms. The molecule has 0 amide bonds. The maximum atomic E-state index is 6.87. The van der Waals surface area contributed by atoms with E-state index >= 15 is 0 Å². The molecule has 0 fully saturated rings. The van der Waals surface area contributed by atoms with E-state index < -0.39 is 0 Å². The standard InChI is InChI=1S/C50H33NO/c1-3-13-34(14-4-1)36-25-27-37(28-26-36)39-17-11-20-42(32-39)51(41-18-5-2-6-19-41)47-23-12-24-48-49(47)46-33-45(43-21-9-10-22-44(43)50(46)52-48)40-30-29-35-15-7-8-16-38(35)31-40/h1-9,11-21,23-33,46,50H. The quantitative estimate of drug-likeness (QED) is 0.176. The van der Waals surface area contributed by atoms with Gasteiger partial charge >= 0.3 is 0 Å². The van der Waals surface area contributed by atoms with Crippen LogP contribution < -0.4 is 9.64 Å². The maximum absolute atomic E-state index is 6.87. The van der Waals surface area contributed by atoms with Gasteiger partial charge in [-0.1, -0.05) is 146 Å². The van der Waals surface area contributed by atoms with Crippen molar-refractivity contribution in [1.29, 1.82) is 0 Å². The largest absolute Gasteiger partial charge is 0.484 e. The minimum Gasteiger partial charge on any atom is -0.484 e. The fraction of sp³-hybridized carbons (Fsp3) is 0.0400. The van der Waals surface area contributed by atoms with E-state index in [1.165, 1.54) is 44.2 Å². The molecule has 0 saturated heterocycles. The lowest BCUT2D eigenvalue weighted by Gasteiger charge is -2.30. The number of anilines is 3. The first-order chi connectivity index (χ1) is 25.8. The van der Waals surface area contributed by atoms with Crippen molar-refractivity contribution in [2.75, 3.05) is 4.90 Å². The van der Waals surface area contributed by atoms with E-state index in [-0.39, 0.29) is 12.0 Å². The Morgan fingerprint density at radius 2 is 1.15 bits per heavy atom. The summed E-state index contributed by atoms with van der Waals surface area (Å²) < 4.78 is 6.87. The van der Waals surface area contributed by atoms with Gasteiger partial charge in [-0.15, -0.1) is 0 Å². The van der Waals surface area contributed by atoms with Gasteiger partial charge < -0.3 is 9.64 Å². The van der Waals surface area contributed by atoms with Crippen molar-refractivity contribution in [3.63, 3.8) is 0 Å². The Morgan fingerprint density at radius 3 is 1.98 bits per heavy atom. The van der Waals surface area contributed by atoms with Crippen molar-refractivity contribution in [3.05, 3.63) is 222 Å². The van der Waals surface area contributed by atoms with Crippen LogP contribution in [0, 0.1) is 12.1 Å². The molecule has 2 nitrogen and oxygen atoms in total. The highest BCUT2D eigenvalue weighted by molar-refractivity contribution is 5.92. The predicted molar refractivity (Wildman–Crippen MR) is 213 cm³/mol. The van der Waals surface area contributed by atoms with Crippen LogP contribution in [0.1, 0.15) is 34.3 Å². The van der Waals surface area contributed by atoms with Gasteiger partial charge in [-0.3, -0.25) is 0 Å². The summed E-state index contributed by atoms with van der Waals surface area (Å²) in [6.45, 7) is 0. The topological polar surface area (TPSA) is 12.5 Å². The van der Waals surface area contributed by atoms with Crippen molar-refractivity contribution in [2.45, 2.75) is 12.0 Å². The molecule has 0 aromatic heterocycles. The fourth-order valence-corrected chi connectivity index (χ4v) is 7.99. The zero-order valence-electron chi connectivity index (χ0n) is 28.4. The molecule has 1 aliphatic carbocycles. The molecule has 2 aliphatic rings. The lowest BCUT2D eigenvalue weighted by atomic mass is 9.78. The minimum atomic E-state index is -0.195. The first-order valence-electron chi connectivity index (χ1n) is 17.8. The number of para-hydroxylation sites is 1. The Bertz CT molecular complexity index is 2610. The van der Waals surface area contributed by atoms with Gasteiger partial charge in [0.15, 0.2) is 0 Å². The molecule has 0 radical (unpaired) electrons. The van der Waals surface area contributed by atoms with Crippen molar-refractivity contribution >= 4 is 33.4 Å². The SMILES string of the molecule is c1ccc2c(c#1)C1Oc3cccc(N(c4ccccc4)c4cccc(-c5ccc(-c6ccccc6)cc5)c4)c3C1C=C2c1ccc2ccccc2c1. The summed E-state index contributed by atoms with van der Waals surface area (Å²) in [4.78, 5) is 2.38. The third-order valence-electron chi connectivity index (χ3n) is 10.5. The Kier molecular flexibility index (Phi) is 7.22. The normalized spacial score (nSPS) is 15.4. The fourth-order valence-electron chi connectivity index (χ4n) is 7.99. The van der Waals surface area contributed by atoms with Crippen LogP contribution in [-0.2, 0) is 0 Å². The number of nitrogens with zero attached hydrogens (tertiary/aromatic N) is 1. The second-order valence-corrected chi connectivity index (χ2v) is 13.5. The lowest BCUT2D eigenvalue weighted by molar-refractivity contribution is 0.223. The molecule has 8 aromatic rings. The third-order valence-corrected chi connectivity index (χ3v) is 10.5. The van der Waals surface area contributed by atoms with Crippen LogP contribution in [0.5, 0.6) is 5.75 Å². The number of hydrogen-bond acceptors (Lipinski definition) is 2. The highest BCUT2D eigenvalue weighted by Gasteiger charge is 2.42. The number of fused-ring (bicyclic) bond motifs is 6. The summed E-state index contributed by atoms with van der Waals surface area (Å²) in [5.74, 6) is 0.882. The van der Waals surface area contributed by atoms with Crippen molar-refractivity contribution in [1.82, 2.24) is 0 Å². The second kappa shape index (κ2) is 12.5. The van der Waals surface area contributed by atoms with Crippen molar-refractivity contribution in [3.8, 4) is 28.0 Å². The van der Waals surface area contributed by atoms with E-state index in [0.717, 1.165) is 39.5 Å². The molecular formula is C50H33NO. The molecule has 1 heterocycles. The summed E-state index contributed by atoms with van der Waals surface area (Å²) >= 11 is 0. The molecule has 2 heteroatoms. The van der Waals surface area contributed by atoms with Gasteiger partial charge in [0, 0.05) is 16.9 Å². The van der Waals surface area contributed by atoms with Crippen LogP contribution in [0.4, 0.5) is 17.1 Å². The Morgan fingerprint density at radius 1 is 0.500 bits per heavy atom. The van der Waals surface area contributed by atoms with Gasteiger partial charge in [0.05, 0.1) is 17.2 Å². The summed E-state index contributed by atoms with van der Waals surface area (Å²) in [5.41, 5.74) is 13.8. The molecule has 10 rings (SSSR count). The van der Waals surface area contributed by atoms with Crippen LogP contribution in [0.25, 0.3) is 38.6 Å². The molecule has 244 valence electrons. The maximum Gasteiger partial charge on any atom is 0.143 e. The Balaban J connectivity index is 1.10. The first kappa shape index (κ1) is 30.0. The van der Waals surface area contributed by atoms with Crippen LogP contribution in [-0.4, -0.2) is 0 Å². The summed E-state index contributed by atoms with van der Waals surface area (Å²) in [5, 5.41) is 2.46. The van der Waals surface area contributed by atoms with Gasteiger partial charge in [-0.25, -0.2) is 0 Å². The number of rotatable bonds is 6. The third kappa shape index (κ3) is 5.15. The van der Waals surface area contributed by atoms with E-state index in [4.69, 9.17) is 4.74 Å². The number of ether oxygens (including phenoxy) is 1. The van der Waals surface area contributed by atoms with E-state index in [1.54, 1.807) is 0 Å². The summed E-state index contributed by atoms with van der Waals surface area (Å²) in [6, 6.07) is 71.5. The lowest BCUT2D eigenvalue weighted by Crippen LogP contribution is -2.17. The second-order valence-electron chi connectivity index (χ2n) is 13.5. The van der Waals surface area contributed by atoms with Crippen LogP contribution in [0.3, 0.4) is 0 Å². The molecule has 8 aromatic carbocycles. The molecule has 0 spiro atoms. The highest BCUT2D eigenvalue weighted by Crippen LogP contribution is 2.56. The monoisotopic (exact) mass is 663 g/mol. The van der Waals surface area contributed by atoms with Crippen LogP contribution in [0.2, 0.25) is 0 Å². The molecule has 2 atom stereocenters. The van der Waals surface area contributed by atoms with Gasteiger partial charge in [-0.05, 0) is 104 Å². The minimum absolute atomic E-state index is 0.0212. The molecular weight excluding hydrogens is 631 g/mol. The highest BCUT2D eigenvalue weighted by atomic mass is 16.5. The van der Waals surface area contributed by atoms with Crippen molar-refractivity contribution < 1.29 is 4.74 Å². The van der Waals surface area contributed by atoms with E-state index in [1.807, 2.05) is 6.07 Å². The predicted octanol–water partition coefficient (Wildman–Crippen LogP) is 12.9. The Labute approximate surface area is 304 Å². The smallest absolute Gasteiger partial charge is 0.143 e. The average molecular weight is 664 g/mol. The van der Waals surface area contributed by atoms with E-state index in [2.05, 4.69) is 199 Å². The van der Waals surface area contributed by atoms with Gasteiger partial charge in [0.25, 0.3) is 0 Å². The number of benzene rings is 7. The molecule has 1 aliphatic heterocycles. The van der Waals surface area contributed by atoms with Gasteiger partial charge in [0.2, 0.25) is 0 Å².